The Morgan fingerprint density at radius 1 is 1.26 bits per heavy atom. The predicted octanol–water partition coefficient (Wildman–Crippen LogP) is 2.92. The average molecular weight is 275 g/mol. The fourth-order valence-corrected chi connectivity index (χ4v) is 2.05. The largest absolute Gasteiger partial charge is 0.484 e. The van der Waals surface area contributed by atoms with Gasteiger partial charge in [0, 0.05) is 11.2 Å². The molecule has 0 aliphatic rings. The predicted molar refractivity (Wildman–Crippen MR) is 71.3 cm³/mol. The zero-order chi connectivity index (χ0) is 13.2. The van der Waals surface area contributed by atoms with E-state index in [1.165, 1.54) is 6.33 Å². The molecule has 5 nitrogen and oxygen atoms in total. The summed E-state index contributed by atoms with van der Waals surface area (Å²) >= 11 is 5.93. The first-order chi connectivity index (χ1) is 9.24. The van der Waals surface area contributed by atoms with Crippen LogP contribution < -0.4 is 4.74 Å². The summed E-state index contributed by atoms with van der Waals surface area (Å²) in [5, 5.41) is 4.78. The minimum atomic E-state index is -0.189. The molecule has 6 heteroatoms. The molecule has 0 N–H and O–H groups in total. The first kappa shape index (κ1) is 11.9. The lowest BCUT2D eigenvalue weighted by Gasteiger charge is -2.15. The van der Waals surface area contributed by atoms with Gasteiger partial charge in [0.2, 0.25) is 0 Å². The zero-order valence-electron chi connectivity index (χ0n) is 10.2. The van der Waals surface area contributed by atoms with Crippen LogP contribution in [0.3, 0.4) is 0 Å². The molecule has 96 valence electrons. The van der Waals surface area contributed by atoms with Crippen molar-refractivity contribution in [3.8, 4) is 5.75 Å². The summed E-state index contributed by atoms with van der Waals surface area (Å²) in [7, 11) is 0. The second-order valence-electron chi connectivity index (χ2n) is 4.06. The maximum atomic E-state index is 5.93. The van der Waals surface area contributed by atoms with E-state index < -0.39 is 0 Å². The maximum absolute atomic E-state index is 5.93. The van der Waals surface area contributed by atoms with Crippen LogP contribution in [0.2, 0.25) is 5.02 Å². The van der Waals surface area contributed by atoms with E-state index in [1.54, 1.807) is 22.8 Å². The summed E-state index contributed by atoms with van der Waals surface area (Å²) in [6.45, 7) is 1.94. The third kappa shape index (κ3) is 2.37. The van der Waals surface area contributed by atoms with Crippen molar-refractivity contribution in [3.63, 3.8) is 0 Å². The summed E-state index contributed by atoms with van der Waals surface area (Å²) in [6.07, 6.45) is 2.97. The third-order valence-corrected chi connectivity index (χ3v) is 2.97. The van der Waals surface area contributed by atoms with Crippen LogP contribution in [-0.4, -0.2) is 19.6 Å². The normalized spacial score (nSPS) is 12.5. The van der Waals surface area contributed by atoms with Gasteiger partial charge in [-0.25, -0.2) is 4.98 Å². The van der Waals surface area contributed by atoms with Gasteiger partial charge in [0.15, 0.2) is 0 Å². The smallest absolute Gasteiger partial charge is 0.252 e. The summed E-state index contributed by atoms with van der Waals surface area (Å²) < 4.78 is 7.52. The molecule has 2 aromatic heterocycles. The molecule has 0 amide bonds. The molecule has 0 aliphatic carbocycles. The Morgan fingerprint density at radius 2 is 2.16 bits per heavy atom. The molecule has 2 heterocycles. The second-order valence-corrected chi connectivity index (χ2v) is 4.50. The van der Waals surface area contributed by atoms with E-state index in [4.69, 9.17) is 16.3 Å². The Labute approximate surface area is 114 Å². The molecule has 0 radical (unpaired) electrons. The minimum absolute atomic E-state index is 0.189. The summed E-state index contributed by atoms with van der Waals surface area (Å²) in [5.41, 5.74) is 0.877. The zero-order valence-corrected chi connectivity index (χ0v) is 10.9. The van der Waals surface area contributed by atoms with Gasteiger partial charge < -0.3 is 4.74 Å². The van der Waals surface area contributed by atoms with Gasteiger partial charge in [0.1, 0.15) is 18.2 Å². The van der Waals surface area contributed by atoms with Crippen molar-refractivity contribution in [1.82, 2.24) is 19.6 Å². The second kappa shape index (κ2) is 4.85. The number of hydrogen-bond donors (Lipinski definition) is 0. The first-order valence-electron chi connectivity index (χ1n) is 5.81. The maximum Gasteiger partial charge on any atom is 0.252 e. The van der Waals surface area contributed by atoms with E-state index in [1.807, 2.05) is 25.1 Å². The number of benzene rings is 1. The molecule has 0 saturated heterocycles. The van der Waals surface area contributed by atoms with Crippen molar-refractivity contribution in [3.05, 3.63) is 53.6 Å². The Balaban J connectivity index is 1.91. The van der Waals surface area contributed by atoms with Crippen LogP contribution in [0.25, 0.3) is 5.78 Å². The van der Waals surface area contributed by atoms with Gasteiger partial charge in [-0.3, -0.25) is 0 Å². The van der Waals surface area contributed by atoms with Gasteiger partial charge in [-0.1, -0.05) is 17.7 Å². The lowest BCUT2D eigenvalue weighted by molar-refractivity contribution is 0.218. The Bertz CT molecular complexity index is 712. The highest BCUT2D eigenvalue weighted by molar-refractivity contribution is 6.30. The van der Waals surface area contributed by atoms with Gasteiger partial charge in [-0.15, -0.1) is 0 Å². The van der Waals surface area contributed by atoms with Crippen molar-refractivity contribution in [1.29, 1.82) is 0 Å². The van der Waals surface area contributed by atoms with Crippen molar-refractivity contribution >= 4 is 17.4 Å². The van der Waals surface area contributed by atoms with Crippen LogP contribution in [-0.2, 0) is 0 Å². The lowest BCUT2D eigenvalue weighted by atomic mass is 10.2. The third-order valence-electron chi connectivity index (χ3n) is 2.74. The summed E-state index contributed by atoms with van der Waals surface area (Å²) in [5.74, 6) is 1.27. The van der Waals surface area contributed by atoms with E-state index in [2.05, 4.69) is 15.1 Å². The fourth-order valence-electron chi connectivity index (χ4n) is 1.87. The van der Waals surface area contributed by atoms with E-state index in [0.29, 0.717) is 16.5 Å². The number of ether oxygens (including phenoxy) is 1. The van der Waals surface area contributed by atoms with Gasteiger partial charge in [0.05, 0.1) is 5.69 Å². The van der Waals surface area contributed by atoms with Crippen LogP contribution >= 0.6 is 11.6 Å². The quantitative estimate of drug-likeness (QED) is 0.737. The number of aromatic nitrogens is 4. The highest BCUT2D eigenvalue weighted by Gasteiger charge is 2.13. The fraction of sp³-hybridized carbons (Fsp3) is 0.154. The molecule has 0 bridgehead atoms. The van der Waals surface area contributed by atoms with E-state index in [-0.39, 0.29) is 6.10 Å². The number of fused-ring (bicyclic) bond motifs is 1. The van der Waals surface area contributed by atoms with E-state index >= 15 is 0 Å². The summed E-state index contributed by atoms with van der Waals surface area (Å²) in [6, 6.07) is 9.15. The minimum Gasteiger partial charge on any atom is -0.484 e. The topological polar surface area (TPSA) is 52.3 Å². The average Bonchev–Trinajstić information content (AvgIpc) is 2.86. The number of nitrogens with zero attached hydrogens (tertiary/aromatic N) is 4. The van der Waals surface area contributed by atoms with Crippen LogP contribution in [0.4, 0.5) is 0 Å². The summed E-state index contributed by atoms with van der Waals surface area (Å²) in [4.78, 5) is 8.17. The molecule has 0 saturated carbocycles. The molecule has 19 heavy (non-hydrogen) atoms. The van der Waals surface area contributed by atoms with Gasteiger partial charge in [0.25, 0.3) is 5.78 Å². The molecule has 0 fully saturated rings. The van der Waals surface area contributed by atoms with E-state index in [0.717, 1.165) is 5.69 Å². The molecule has 3 aromatic rings. The Hall–Kier alpha value is -2.14. The van der Waals surface area contributed by atoms with Gasteiger partial charge in [-0.2, -0.15) is 14.6 Å². The molecule has 0 spiro atoms. The first-order valence-corrected chi connectivity index (χ1v) is 6.19. The molecule has 1 aromatic carbocycles. The van der Waals surface area contributed by atoms with Crippen molar-refractivity contribution in [2.45, 2.75) is 13.0 Å². The van der Waals surface area contributed by atoms with Crippen LogP contribution in [0.1, 0.15) is 18.7 Å². The number of halogens is 1. The van der Waals surface area contributed by atoms with Crippen molar-refractivity contribution < 1.29 is 4.74 Å². The van der Waals surface area contributed by atoms with Gasteiger partial charge in [-0.05, 0) is 31.2 Å². The lowest BCUT2D eigenvalue weighted by Crippen LogP contribution is -2.09. The monoisotopic (exact) mass is 274 g/mol. The molecule has 0 aliphatic heterocycles. The molecule has 1 unspecified atom stereocenters. The molecule has 1 atom stereocenters. The van der Waals surface area contributed by atoms with Crippen LogP contribution in [0, 0.1) is 0 Å². The molecule has 3 rings (SSSR count). The van der Waals surface area contributed by atoms with Crippen molar-refractivity contribution in [2.75, 3.05) is 0 Å². The van der Waals surface area contributed by atoms with E-state index in [9.17, 15) is 0 Å². The van der Waals surface area contributed by atoms with Crippen LogP contribution in [0.15, 0.2) is 42.9 Å². The highest BCUT2D eigenvalue weighted by Crippen LogP contribution is 2.23. The number of hydrogen-bond acceptors (Lipinski definition) is 4. The standard InChI is InChI=1S/C13H11ClN4O/c1-9(19-11-4-2-3-10(14)7-11)12-5-6-15-13-16-8-17-18(12)13/h2-9H,1H3. The van der Waals surface area contributed by atoms with Crippen molar-refractivity contribution in [2.24, 2.45) is 0 Å². The Kier molecular flexibility index (Phi) is 3.05. The Morgan fingerprint density at radius 3 is 3.00 bits per heavy atom. The van der Waals surface area contributed by atoms with Gasteiger partial charge >= 0.3 is 0 Å². The number of rotatable bonds is 3. The molecular weight excluding hydrogens is 264 g/mol. The SMILES string of the molecule is CC(Oc1cccc(Cl)c1)c1ccnc2ncnn12. The molecular formula is C13H11ClN4O. The van der Waals surface area contributed by atoms with Crippen LogP contribution in [0.5, 0.6) is 5.75 Å². The highest BCUT2D eigenvalue weighted by atomic mass is 35.5.